The standard InChI is InChI=1S/C30H27NO6S/c1-16-13-24(33)23-14-22-20(25(27(23)28(16)34)17-4-6-18(7-5-17)37-11-10-32)8-9-21-26(22)30(36)31(29(21)35)15-19-3-2-12-38-19/h2-8,12-13,21-22,25-26,32H,9-11,14-15H2,1H3/t21-,22+,25-,26-/m0/s1. The number of benzene rings is 1. The van der Waals surface area contributed by atoms with E-state index in [0.29, 0.717) is 28.9 Å². The molecular weight excluding hydrogens is 502 g/mol. The lowest BCUT2D eigenvalue weighted by Gasteiger charge is -2.42. The maximum atomic E-state index is 13.7. The molecule has 1 N–H and O–H groups in total. The fraction of sp³-hybridized carbons (Fsp3) is 0.333. The summed E-state index contributed by atoms with van der Waals surface area (Å²) in [5.41, 5.74) is 3.09. The van der Waals surface area contributed by atoms with Gasteiger partial charge in [0.15, 0.2) is 11.6 Å². The molecule has 2 heterocycles. The van der Waals surface area contributed by atoms with Gasteiger partial charge in [0.1, 0.15) is 12.4 Å². The molecule has 0 radical (unpaired) electrons. The van der Waals surface area contributed by atoms with Crippen LogP contribution in [0.2, 0.25) is 0 Å². The number of imide groups is 1. The Balaban J connectivity index is 1.41. The quantitative estimate of drug-likeness (QED) is 0.348. The fourth-order valence-electron chi connectivity index (χ4n) is 6.44. The van der Waals surface area contributed by atoms with Crippen LogP contribution in [0.4, 0.5) is 0 Å². The van der Waals surface area contributed by atoms with Crippen molar-refractivity contribution < 1.29 is 29.0 Å². The maximum absolute atomic E-state index is 13.7. The van der Waals surface area contributed by atoms with E-state index in [1.54, 1.807) is 19.1 Å². The number of fused-ring (bicyclic) bond motifs is 3. The number of carbonyl (C=O) groups excluding carboxylic acids is 4. The molecular formula is C30H27NO6S. The van der Waals surface area contributed by atoms with E-state index >= 15 is 0 Å². The number of rotatable bonds is 6. The molecule has 1 saturated heterocycles. The Hall–Kier alpha value is -3.62. The first-order valence-corrected chi connectivity index (χ1v) is 13.7. The number of hydrogen-bond donors (Lipinski definition) is 1. The molecule has 1 aromatic heterocycles. The third-order valence-electron chi connectivity index (χ3n) is 8.12. The third-order valence-corrected chi connectivity index (χ3v) is 8.98. The van der Waals surface area contributed by atoms with E-state index in [9.17, 15) is 19.2 Å². The average molecular weight is 530 g/mol. The van der Waals surface area contributed by atoms with Crippen LogP contribution in [0.3, 0.4) is 0 Å². The molecule has 1 aliphatic heterocycles. The number of carbonyl (C=O) groups is 4. The first-order chi connectivity index (χ1) is 18.4. The van der Waals surface area contributed by atoms with E-state index in [2.05, 4.69) is 0 Å². The van der Waals surface area contributed by atoms with Crippen LogP contribution in [0.15, 0.2) is 76.2 Å². The van der Waals surface area contributed by atoms with Gasteiger partial charge in [-0.3, -0.25) is 24.1 Å². The lowest BCUT2D eigenvalue weighted by atomic mass is 9.59. The Labute approximate surface area is 224 Å². The number of aliphatic hydroxyl groups excluding tert-OH is 1. The van der Waals surface area contributed by atoms with Gasteiger partial charge in [-0.05, 0) is 60.9 Å². The highest BCUT2D eigenvalue weighted by Gasteiger charge is 2.56. The highest BCUT2D eigenvalue weighted by Crippen LogP contribution is 2.55. The summed E-state index contributed by atoms with van der Waals surface area (Å²) in [6.07, 6.45) is 4.12. The van der Waals surface area contributed by atoms with Gasteiger partial charge in [-0.2, -0.15) is 0 Å². The summed E-state index contributed by atoms with van der Waals surface area (Å²) in [6.45, 7) is 1.99. The van der Waals surface area contributed by atoms with Crippen LogP contribution in [0.1, 0.15) is 36.1 Å². The largest absolute Gasteiger partial charge is 0.491 e. The highest BCUT2D eigenvalue weighted by molar-refractivity contribution is 7.09. The molecule has 1 fully saturated rings. The fourth-order valence-corrected chi connectivity index (χ4v) is 7.13. The van der Waals surface area contributed by atoms with Crippen molar-refractivity contribution in [3.05, 3.63) is 86.7 Å². The van der Waals surface area contributed by atoms with Gasteiger partial charge in [0, 0.05) is 27.5 Å². The van der Waals surface area contributed by atoms with Gasteiger partial charge in [0.2, 0.25) is 11.8 Å². The zero-order valence-electron chi connectivity index (χ0n) is 20.9. The predicted molar refractivity (Wildman–Crippen MR) is 140 cm³/mol. The number of allylic oxidation sites excluding steroid dienone is 6. The van der Waals surface area contributed by atoms with Crippen molar-refractivity contribution >= 4 is 34.7 Å². The summed E-state index contributed by atoms with van der Waals surface area (Å²) < 4.78 is 5.51. The van der Waals surface area contributed by atoms with Crippen molar-refractivity contribution in [1.29, 1.82) is 0 Å². The van der Waals surface area contributed by atoms with E-state index < -0.39 is 17.8 Å². The number of ether oxygens (including phenoxy) is 1. The van der Waals surface area contributed by atoms with Crippen molar-refractivity contribution in [2.24, 2.45) is 17.8 Å². The number of amides is 2. The third kappa shape index (κ3) is 3.90. The second-order valence-corrected chi connectivity index (χ2v) is 11.2. The van der Waals surface area contributed by atoms with Crippen LogP contribution in [0.25, 0.3) is 0 Å². The van der Waals surface area contributed by atoms with Crippen molar-refractivity contribution in [3.63, 3.8) is 0 Å². The Kier molecular flexibility index (Phi) is 6.24. The summed E-state index contributed by atoms with van der Waals surface area (Å²) in [6, 6.07) is 11.1. The molecule has 0 bridgehead atoms. The van der Waals surface area contributed by atoms with Crippen molar-refractivity contribution in [2.45, 2.75) is 32.2 Å². The first-order valence-electron chi connectivity index (χ1n) is 12.8. The Morgan fingerprint density at radius 1 is 1.05 bits per heavy atom. The molecule has 1 aromatic carbocycles. The summed E-state index contributed by atoms with van der Waals surface area (Å²) in [5.74, 6) is -1.95. The molecule has 2 aromatic rings. The number of aliphatic hydroxyl groups is 1. The molecule has 4 aliphatic rings. The molecule has 194 valence electrons. The lowest BCUT2D eigenvalue weighted by Crippen LogP contribution is -2.39. The molecule has 0 unspecified atom stereocenters. The van der Waals surface area contributed by atoms with Crippen molar-refractivity contribution in [3.8, 4) is 5.75 Å². The van der Waals surface area contributed by atoms with Gasteiger partial charge in [-0.25, -0.2) is 0 Å². The molecule has 0 saturated carbocycles. The zero-order chi connectivity index (χ0) is 26.6. The molecule has 7 nitrogen and oxygen atoms in total. The molecule has 8 heteroatoms. The second-order valence-electron chi connectivity index (χ2n) is 10.2. The minimum absolute atomic E-state index is 0.101. The second kappa shape index (κ2) is 9.60. The van der Waals surface area contributed by atoms with Crippen LogP contribution in [0, 0.1) is 17.8 Å². The van der Waals surface area contributed by atoms with Gasteiger partial charge >= 0.3 is 0 Å². The predicted octanol–water partition coefficient (Wildman–Crippen LogP) is 3.75. The summed E-state index contributed by atoms with van der Waals surface area (Å²) in [7, 11) is 0. The van der Waals surface area contributed by atoms with Crippen LogP contribution in [-0.2, 0) is 25.7 Å². The number of Topliss-reactive ketones (excluding diaryl/α,β-unsaturated/α-hetero) is 1. The van der Waals surface area contributed by atoms with Gasteiger partial charge in [-0.15, -0.1) is 11.3 Å². The summed E-state index contributed by atoms with van der Waals surface area (Å²) in [4.78, 5) is 56.1. The van der Waals surface area contributed by atoms with Crippen LogP contribution in [-0.4, -0.2) is 46.6 Å². The van der Waals surface area contributed by atoms with Gasteiger partial charge < -0.3 is 9.84 Å². The summed E-state index contributed by atoms with van der Waals surface area (Å²) in [5, 5.41) is 11.0. The van der Waals surface area contributed by atoms with E-state index in [-0.39, 0.29) is 55.5 Å². The van der Waals surface area contributed by atoms with Gasteiger partial charge in [0.25, 0.3) is 0 Å². The highest BCUT2D eigenvalue weighted by atomic mass is 32.1. The smallest absolute Gasteiger partial charge is 0.234 e. The van der Waals surface area contributed by atoms with Crippen LogP contribution < -0.4 is 4.74 Å². The molecule has 4 atom stereocenters. The van der Waals surface area contributed by atoms with E-state index in [1.807, 2.05) is 35.7 Å². The van der Waals surface area contributed by atoms with Gasteiger partial charge in [-0.1, -0.05) is 29.8 Å². The van der Waals surface area contributed by atoms with Crippen LogP contribution >= 0.6 is 11.3 Å². The summed E-state index contributed by atoms with van der Waals surface area (Å²) >= 11 is 1.51. The molecule has 3 aliphatic carbocycles. The minimum Gasteiger partial charge on any atom is -0.491 e. The number of ketones is 2. The number of thiophene rings is 1. The van der Waals surface area contributed by atoms with Crippen molar-refractivity contribution in [1.82, 2.24) is 4.90 Å². The van der Waals surface area contributed by atoms with Gasteiger partial charge in [0.05, 0.1) is 25.0 Å². The van der Waals surface area contributed by atoms with Crippen molar-refractivity contribution in [2.75, 3.05) is 13.2 Å². The Morgan fingerprint density at radius 3 is 2.55 bits per heavy atom. The Morgan fingerprint density at radius 2 is 1.84 bits per heavy atom. The SMILES string of the molecule is CC1=CC(=O)C2=C(C1=O)[C@@H](c1ccc(OCCO)cc1)C1=CC[C@@H]3C(=O)N(Cc4cccs4)C(=O)[C@@H]3[C@@H]1C2. The minimum atomic E-state index is -0.555. The topological polar surface area (TPSA) is 101 Å². The first kappa shape index (κ1) is 24.7. The molecule has 6 rings (SSSR count). The number of nitrogens with zero attached hydrogens (tertiary/aromatic N) is 1. The molecule has 38 heavy (non-hydrogen) atoms. The number of likely N-dealkylation sites (tertiary alicyclic amines) is 1. The van der Waals surface area contributed by atoms with E-state index in [0.717, 1.165) is 16.0 Å². The average Bonchev–Trinajstić information content (AvgIpc) is 3.52. The Bertz CT molecular complexity index is 1430. The normalized spacial score (nSPS) is 26.6. The molecule has 0 spiro atoms. The monoisotopic (exact) mass is 529 g/mol. The maximum Gasteiger partial charge on any atom is 0.234 e. The molecule has 2 amide bonds. The van der Waals surface area contributed by atoms with E-state index in [4.69, 9.17) is 9.84 Å². The lowest BCUT2D eigenvalue weighted by molar-refractivity contribution is -0.140. The van der Waals surface area contributed by atoms with Crippen LogP contribution in [0.5, 0.6) is 5.75 Å². The zero-order valence-corrected chi connectivity index (χ0v) is 21.7. The number of hydrogen-bond acceptors (Lipinski definition) is 7. The van der Waals surface area contributed by atoms with E-state index in [1.165, 1.54) is 22.3 Å².